The summed E-state index contributed by atoms with van der Waals surface area (Å²) in [5, 5.41) is 0. The summed E-state index contributed by atoms with van der Waals surface area (Å²) >= 11 is 0. The van der Waals surface area contributed by atoms with Gasteiger partial charge in [-0.25, -0.2) is 0 Å². The Morgan fingerprint density at radius 1 is 1.33 bits per heavy atom. The first-order valence-corrected chi connectivity index (χ1v) is 4.90. The second-order valence-corrected chi connectivity index (χ2v) is 3.68. The fraction of sp³-hybridized carbons (Fsp3) is 0.333. The zero-order chi connectivity index (χ0) is 11.0. The smallest absolute Gasteiger partial charge is 0.192 e. The SMILES string of the molecule is COC1=C2C(=O)C(C)=CC(=O)C2=CCC1. The largest absolute Gasteiger partial charge is 0.500 e. The van der Waals surface area contributed by atoms with E-state index < -0.39 is 0 Å². The molecule has 15 heavy (non-hydrogen) atoms. The van der Waals surface area contributed by atoms with E-state index in [9.17, 15) is 9.59 Å². The molecule has 0 atom stereocenters. The Kier molecular flexibility index (Phi) is 2.31. The van der Waals surface area contributed by atoms with Crippen LogP contribution in [0.4, 0.5) is 0 Å². The Morgan fingerprint density at radius 3 is 2.73 bits per heavy atom. The molecule has 3 heteroatoms. The molecule has 0 radical (unpaired) electrons. The third kappa shape index (κ3) is 1.44. The van der Waals surface area contributed by atoms with Crippen LogP contribution in [0.1, 0.15) is 19.8 Å². The molecule has 0 saturated carbocycles. The zero-order valence-electron chi connectivity index (χ0n) is 8.79. The highest BCUT2D eigenvalue weighted by Crippen LogP contribution is 2.32. The Morgan fingerprint density at radius 2 is 2.07 bits per heavy atom. The summed E-state index contributed by atoms with van der Waals surface area (Å²) < 4.78 is 5.17. The number of fused-ring (bicyclic) bond motifs is 1. The summed E-state index contributed by atoms with van der Waals surface area (Å²) in [7, 11) is 1.54. The molecule has 0 aliphatic heterocycles. The second-order valence-electron chi connectivity index (χ2n) is 3.68. The van der Waals surface area contributed by atoms with Crippen LogP contribution in [0.3, 0.4) is 0 Å². The number of ether oxygens (including phenoxy) is 1. The number of Topliss-reactive ketones (excluding diaryl/α,β-unsaturated/α-hetero) is 1. The third-order valence-corrected chi connectivity index (χ3v) is 2.71. The van der Waals surface area contributed by atoms with Crippen molar-refractivity contribution >= 4 is 11.6 Å². The van der Waals surface area contributed by atoms with Gasteiger partial charge in [0.05, 0.1) is 12.7 Å². The number of methoxy groups -OCH3 is 1. The first-order valence-electron chi connectivity index (χ1n) is 4.90. The van der Waals surface area contributed by atoms with Gasteiger partial charge in [0.25, 0.3) is 0 Å². The number of carbonyl (C=O) groups is 2. The molecule has 0 aromatic rings. The molecular weight excluding hydrogens is 192 g/mol. The average molecular weight is 204 g/mol. The number of ketones is 2. The first kappa shape index (κ1) is 9.90. The molecule has 0 aromatic carbocycles. The van der Waals surface area contributed by atoms with Crippen LogP contribution in [0.15, 0.2) is 34.6 Å². The number of hydrogen-bond acceptors (Lipinski definition) is 3. The maximum Gasteiger partial charge on any atom is 0.192 e. The molecule has 2 aliphatic rings. The Balaban J connectivity index is 2.62. The van der Waals surface area contributed by atoms with Crippen LogP contribution < -0.4 is 0 Å². The fourth-order valence-electron chi connectivity index (χ4n) is 1.94. The highest BCUT2D eigenvalue weighted by atomic mass is 16.5. The normalized spacial score (nSPS) is 20.9. The van der Waals surface area contributed by atoms with E-state index in [-0.39, 0.29) is 11.6 Å². The second kappa shape index (κ2) is 3.50. The molecule has 2 aliphatic carbocycles. The summed E-state index contributed by atoms with van der Waals surface area (Å²) in [6.07, 6.45) is 4.67. The molecule has 3 nitrogen and oxygen atoms in total. The van der Waals surface area contributed by atoms with E-state index in [1.54, 1.807) is 6.92 Å². The van der Waals surface area contributed by atoms with Crippen LogP contribution in [-0.2, 0) is 14.3 Å². The van der Waals surface area contributed by atoms with Gasteiger partial charge in [0.15, 0.2) is 11.6 Å². The molecule has 2 rings (SSSR count). The van der Waals surface area contributed by atoms with Crippen molar-refractivity contribution in [3.05, 3.63) is 34.6 Å². The van der Waals surface area contributed by atoms with Crippen molar-refractivity contribution in [2.45, 2.75) is 19.8 Å². The van der Waals surface area contributed by atoms with Crippen molar-refractivity contribution in [2.24, 2.45) is 0 Å². The standard InChI is InChI=1S/C12H12O3/c1-7-6-9(13)8-4-3-5-10(15-2)11(8)12(7)14/h4,6H,3,5H2,1-2H3. The predicted octanol–water partition coefficient (Wildman–Crippen LogP) is 1.71. The van der Waals surface area contributed by atoms with E-state index in [0.29, 0.717) is 28.9 Å². The van der Waals surface area contributed by atoms with Gasteiger partial charge in [-0.3, -0.25) is 9.59 Å². The molecule has 0 fully saturated rings. The molecule has 78 valence electrons. The van der Waals surface area contributed by atoms with Crippen molar-refractivity contribution in [3.63, 3.8) is 0 Å². The van der Waals surface area contributed by atoms with Crippen molar-refractivity contribution in [3.8, 4) is 0 Å². The monoisotopic (exact) mass is 204 g/mol. The highest BCUT2D eigenvalue weighted by Gasteiger charge is 2.31. The summed E-state index contributed by atoms with van der Waals surface area (Å²) in [6, 6.07) is 0. The van der Waals surface area contributed by atoms with Crippen molar-refractivity contribution < 1.29 is 14.3 Å². The van der Waals surface area contributed by atoms with Crippen LogP contribution in [0.2, 0.25) is 0 Å². The van der Waals surface area contributed by atoms with Gasteiger partial charge in [-0.2, -0.15) is 0 Å². The summed E-state index contributed by atoms with van der Waals surface area (Å²) in [4.78, 5) is 23.5. The Labute approximate surface area is 88.1 Å². The van der Waals surface area contributed by atoms with Gasteiger partial charge < -0.3 is 4.74 Å². The van der Waals surface area contributed by atoms with E-state index in [0.717, 1.165) is 6.42 Å². The lowest BCUT2D eigenvalue weighted by atomic mass is 9.83. The molecule has 0 aromatic heterocycles. The number of hydrogen-bond donors (Lipinski definition) is 0. The van der Waals surface area contributed by atoms with E-state index in [1.807, 2.05) is 6.08 Å². The highest BCUT2D eigenvalue weighted by molar-refractivity contribution is 6.27. The molecular formula is C12H12O3. The lowest BCUT2D eigenvalue weighted by molar-refractivity contribution is -0.116. The molecule has 0 bridgehead atoms. The fourth-order valence-corrected chi connectivity index (χ4v) is 1.94. The van der Waals surface area contributed by atoms with Gasteiger partial charge in [-0.1, -0.05) is 6.08 Å². The van der Waals surface area contributed by atoms with Crippen LogP contribution in [-0.4, -0.2) is 18.7 Å². The maximum atomic E-state index is 11.9. The van der Waals surface area contributed by atoms with E-state index in [2.05, 4.69) is 0 Å². The summed E-state index contributed by atoms with van der Waals surface area (Å²) in [5.41, 5.74) is 1.46. The van der Waals surface area contributed by atoms with Crippen LogP contribution >= 0.6 is 0 Å². The zero-order valence-corrected chi connectivity index (χ0v) is 8.79. The summed E-state index contributed by atoms with van der Waals surface area (Å²) in [5.74, 6) is 0.465. The summed E-state index contributed by atoms with van der Waals surface area (Å²) in [6.45, 7) is 1.66. The van der Waals surface area contributed by atoms with Crippen LogP contribution in [0.25, 0.3) is 0 Å². The Hall–Kier alpha value is -1.64. The topological polar surface area (TPSA) is 43.4 Å². The van der Waals surface area contributed by atoms with E-state index >= 15 is 0 Å². The quantitative estimate of drug-likeness (QED) is 0.653. The number of carbonyl (C=O) groups excluding carboxylic acids is 2. The molecule has 0 amide bonds. The molecule has 0 N–H and O–H groups in total. The number of allylic oxidation sites excluding steroid dienone is 6. The molecule has 0 saturated heterocycles. The predicted molar refractivity (Wildman–Crippen MR) is 55.1 cm³/mol. The van der Waals surface area contributed by atoms with Gasteiger partial charge in [-0.15, -0.1) is 0 Å². The minimum Gasteiger partial charge on any atom is -0.500 e. The van der Waals surface area contributed by atoms with E-state index in [4.69, 9.17) is 4.74 Å². The molecule has 0 heterocycles. The average Bonchev–Trinajstić information content (AvgIpc) is 2.25. The minimum absolute atomic E-state index is 0.0857. The van der Waals surface area contributed by atoms with Gasteiger partial charge in [-0.05, 0) is 19.4 Å². The van der Waals surface area contributed by atoms with Gasteiger partial charge in [0.2, 0.25) is 0 Å². The van der Waals surface area contributed by atoms with Gasteiger partial charge >= 0.3 is 0 Å². The molecule has 0 spiro atoms. The van der Waals surface area contributed by atoms with Gasteiger partial charge in [0, 0.05) is 17.6 Å². The van der Waals surface area contributed by atoms with Crippen LogP contribution in [0.5, 0.6) is 0 Å². The van der Waals surface area contributed by atoms with Crippen molar-refractivity contribution in [1.82, 2.24) is 0 Å². The first-order chi connectivity index (χ1) is 7.15. The Bertz CT molecular complexity index is 436. The van der Waals surface area contributed by atoms with Crippen LogP contribution in [0, 0.1) is 0 Å². The molecule has 0 unspecified atom stereocenters. The third-order valence-electron chi connectivity index (χ3n) is 2.71. The lowest BCUT2D eigenvalue weighted by Gasteiger charge is -2.21. The van der Waals surface area contributed by atoms with E-state index in [1.165, 1.54) is 13.2 Å². The van der Waals surface area contributed by atoms with Crippen molar-refractivity contribution in [2.75, 3.05) is 7.11 Å². The maximum absolute atomic E-state index is 11.9. The van der Waals surface area contributed by atoms with Gasteiger partial charge in [0.1, 0.15) is 5.76 Å². The van der Waals surface area contributed by atoms with Crippen molar-refractivity contribution in [1.29, 1.82) is 0 Å². The minimum atomic E-state index is -0.0867. The number of rotatable bonds is 1. The lowest BCUT2D eigenvalue weighted by Crippen LogP contribution is -2.22.